The Kier molecular flexibility index (Phi) is 5.64. The molecule has 32 heavy (non-hydrogen) atoms. The van der Waals surface area contributed by atoms with Gasteiger partial charge in [0.25, 0.3) is 5.91 Å². The van der Waals surface area contributed by atoms with Gasteiger partial charge in [-0.05, 0) is 29.8 Å². The van der Waals surface area contributed by atoms with Crippen LogP contribution in [0.2, 0.25) is 5.02 Å². The first-order valence-electron chi connectivity index (χ1n) is 9.53. The minimum Gasteiger partial charge on any atom is -0.508 e. The molecule has 0 spiro atoms. The molecule has 2 aromatic carbocycles. The van der Waals surface area contributed by atoms with Crippen LogP contribution in [0.15, 0.2) is 48.5 Å². The Morgan fingerprint density at radius 2 is 2.00 bits per heavy atom. The summed E-state index contributed by atoms with van der Waals surface area (Å²) < 4.78 is 47.4. The molecule has 7 nitrogen and oxygen atoms in total. The number of benzene rings is 2. The number of hydrogen-bond acceptors (Lipinski definition) is 5. The molecular formula is C21H18ClF3N4O3. The lowest BCUT2D eigenvalue weighted by Crippen LogP contribution is -2.35. The zero-order valence-corrected chi connectivity index (χ0v) is 17.4. The standard InChI is InChI=1S/C21H18ClF3N4O3/c1-32-14-7-5-11(6-8-14)15-10-16(21(23,24)25)29-19(27-15)17(22)18(28-29)20(31)26-12-3-2-4-13(30)9-12/h2-9,15-16,27,30H,10H2,1H3,(H,26,31)/t15-,16-/m1/s1. The summed E-state index contributed by atoms with van der Waals surface area (Å²) in [7, 11) is 1.50. The number of anilines is 2. The fraction of sp³-hybridized carbons (Fsp3) is 0.238. The van der Waals surface area contributed by atoms with Gasteiger partial charge in [0.1, 0.15) is 22.3 Å². The average molecular weight is 467 g/mol. The van der Waals surface area contributed by atoms with Crippen LogP contribution in [0.1, 0.15) is 34.6 Å². The van der Waals surface area contributed by atoms with Crippen LogP contribution < -0.4 is 15.4 Å². The second kappa shape index (κ2) is 8.27. The molecule has 168 valence electrons. The van der Waals surface area contributed by atoms with Crippen LogP contribution >= 0.6 is 11.6 Å². The fourth-order valence-electron chi connectivity index (χ4n) is 3.56. The molecule has 0 saturated heterocycles. The number of aromatic nitrogens is 2. The van der Waals surface area contributed by atoms with Crippen molar-refractivity contribution in [3.63, 3.8) is 0 Å². The van der Waals surface area contributed by atoms with Crippen LogP contribution in [0.5, 0.6) is 11.5 Å². The Labute approximate surface area is 185 Å². The lowest BCUT2D eigenvalue weighted by molar-refractivity contribution is -0.173. The van der Waals surface area contributed by atoms with E-state index in [1.165, 1.54) is 31.4 Å². The Morgan fingerprint density at radius 3 is 2.62 bits per heavy atom. The van der Waals surface area contributed by atoms with Gasteiger partial charge in [-0.1, -0.05) is 29.8 Å². The largest absolute Gasteiger partial charge is 0.508 e. The number of carbonyl (C=O) groups excluding carboxylic acids is 1. The van der Waals surface area contributed by atoms with E-state index >= 15 is 0 Å². The molecule has 1 aromatic heterocycles. The van der Waals surface area contributed by atoms with Crippen molar-refractivity contribution in [3.05, 3.63) is 64.8 Å². The van der Waals surface area contributed by atoms with Crippen LogP contribution in [0.4, 0.5) is 24.7 Å². The van der Waals surface area contributed by atoms with Crippen molar-refractivity contribution in [2.24, 2.45) is 0 Å². The number of nitrogens with zero attached hydrogens (tertiary/aromatic N) is 2. The maximum Gasteiger partial charge on any atom is 0.410 e. The average Bonchev–Trinajstić information content (AvgIpc) is 3.09. The Bertz CT molecular complexity index is 1150. The summed E-state index contributed by atoms with van der Waals surface area (Å²) in [6.45, 7) is 0. The minimum atomic E-state index is -4.62. The highest BCUT2D eigenvalue weighted by molar-refractivity contribution is 6.36. The van der Waals surface area contributed by atoms with Crippen LogP contribution in [0.25, 0.3) is 0 Å². The topological polar surface area (TPSA) is 88.4 Å². The molecule has 1 aliphatic heterocycles. The number of carbonyl (C=O) groups is 1. The molecule has 2 atom stereocenters. The van der Waals surface area contributed by atoms with Crippen molar-refractivity contribution >= 4 is 29.0 Å². The Morgan fingerprint density at radius 1 is 1.28 bits per heavy atom. The number of aromatic hydroxyl groups is 1. The first-order valence-corrected chi connectivity index (χ1v) is 9.90. The fourth-order valence-corrected chi connectivity index (χ4v) is 3.83. The van der Waals surface area contributed by atoms with Gasteiger partial charge in [0.15, 0.2) is 11.7 Å². The van der Waals surface area contributed by atoms with Crippen LogP contribution in [-0.2, 0) is 0 Å². The van der Waals surface area contributed by atoms with Crippen LogP contribution in [-0.4, -0.2) is 34.1 Å². The molecule has 1 aliphatic rings. The monoisotopic (exact) mass is 466 g/mol. The Hall–Kier alpha value is -3.40. The highest BCUT2D eigenvalue weighted by Gasteiger charge is 2.47. The third kappa shape index (κ3) is 4.18. The third-order valence-electron chi connectivity index (χ3n) is 5.13. The van der Waals surface area contributed by atoms with Gasteiger partial charge in [-0.2, -0.15) is 18.3 Å². The van der Waals surface area contributed by atoms with Crippen molar-refractivity contribution in [2.45, 2.75) is 24.7 Å². The quantitative estimate of drug-likeness (QED) is 0.494. The van der Waals surface area contributed by atoms with Crippen molar-refractivity contribution in [3.8, 4) is 11.5 Å². The smallest absolute Gasteiger partial charge is 0.410 e. The normalized spacial score (nSPS) is 17.9. The molecular weight excluding hydrogens is 449 g/mol. The summed E-state index contributed by atoms with van der Waals surface area (Å²) in [6, 6.07) is 9.67. The van der Waals surface area contributed by atoms with Gasteiger partial charge in [0, 0.05) is 18.2 Å². The maximum atomic E-state index is 13.9. The minimum absolute atomic E-state index is 0.0841. The van der Waals surface area contributed by atoms with E-state index in [2.05, 4.69) is 15.7 Å². The number of methoxy groups -OCH3 is 1. The van der Waals surface area contributed by atoms with Crippen molar-refractivity contribution in [1.82, 2.24) is 9.78 Å². The second-order valence-electron chi connectivity index (χ2n) is 7.22. The number of hydrogen-bond donors (Lipinski definition) is 3. The number of phenols is 1. The predicted octanol–water partition coefficient (Wildman–Crippen LogP) is 5.16. The number of fused-ring (bicyclic) bond motifs is 1. The summed E-state index contributed by atoms with van der Waals surface area (Å²) in [5.74, 6) is -0.404. The van der Waals surface area contributed by atoms with Gasteiger partial charge < -0.3 is 20.5 Å². The molecule has 0 unspecified atom stereocenters. The zero-order valence-electron chi connectivity index (χ0n) is 16.7. The number of phenolic OH excluding ortho intramolecular Hbond substituents is 1. The van der Waals surface area contributed by atoms with E-state index in [1.807, 2.05) is 0 Å². The molecule has 4 rings (SSSR count). The van der Waals surface area contributed by atoms with E-state index in [-0.39, 0.29) is 34.4 Å². The molecule has 1 amide bonds. The summed E-state index contributed by atoms with van der Waals surface area (Å²) in [5.41, 5.74) is 0.491. The van der Waals surface area contributed by atoms with Crippen LogP contribution in [0, 0.1) is 0 Å². The van der Waals surface area contributed by atoms with Gasteiger partial charge in [-0.15, -0.1) is 0 Å². The summed E-state index contributed by atoms with van der Waals surface area (Å²) >= 11 is 6.31. The molecule has 11 heteroatoms. The number of nitrogens with one attached hydrogen (secondary N) is 2. The third-order valence-corrected chi connectivity index (χ3v) is 5.49. The number of ether oxygens (including phenoxy) is 1. The molecule has 3 aromatic rings. The van der Waals surface area contributed by atoms with Gasteiger partial charge in [-0.3, -0.25) is 4.79 Å². The summed E-state index contributed by atoms with van der Waals surface area (Å²) in [6.07, 6.45) is -4.95. The van der Waals surface area contributed by atoms with Crippen molar-refractivity contribution < 1.29 is 27.8 Å². The summed E-state index contributed by atoms with van der Waals surface area (Å²) in [5, 5.41) is 18.6. The maximum absolute atomic E-state index is 13.9. The molecule has 0 radical (unpaired) electrons. The number of rotatable bonds is 4. The van der Waals surface area contributed by atoms with E-state index < -0.39 is 24.2 Å². The predicted molar refractivity (Wildman–Crippen MR) is 112 cm³/mol. The first kappa shape index (κ1) is 21.8. The molecule has 3 N–H and O–H groups in total. The van der Waals surface area contributed by atoms with Crippen molar-refractivity contribution in [1.29, 1.82) is 0 Å². The van der Waals surface area contributed by atoms with E-state index in [0.717, 1.165) is 0 Å². The van der Waals surface area contributed by atoms with E-state index in [1.54, 1.807) is 24.3 Å². The Balaban J connectivity index is 1.68. The zero-order chi connectivity index (χ0) is 23.0. The molecule has 0 saturated carbocycles. The van der Waals surface area contributed by atoms with Crippen molar-refractivity contribution in [2.75, 3.05) is 17.7 Å². The summed E-state index contributed by atoms with van der Waals surface area (Å²) in [4.78, 5) is 12.7. The first-order chi connectivity index (χ1) is 15.2. The van der Waals surface area contributed by atoms with E-state index in [4.69, 9.17) is 16.3 Å². The van der Waals surface area contributed by atoms with Crippen LogP contribution in [0.3, 0.4) is 0 Å². The lowest BCUT2D eigenvalue weighted by atomic mass is 9.97. The molecule has 0 fully saturated rings. The highest BCUT2D eigenvalue weighted by atomic mass is 35.5. The van der Waals surface area contributed by atoms with Gasteiger partial charge in [0.2, 0.25) is 0 Å². The SMILES string of the molecule is COc1ccc([C@H]2C[C@H](C(F)(F)F)n3nc(C(=O)Nc4cccc(O)c4)c(Cl)c3N2)cc1. The number of amides is 1. The van der Waals surface area contributed by atoms with E-state index in [9.17, 15) is 23.1 Å². The van der Waals surface area contributed by atoms with Gasteiger partial charge >= 0.3 is 6.18 Å². The van der Waals surface area contributed by atoms with E-state index in [0.29, 0.717) is 16.0 Å². The number of alkyl halides is 3. The lowest BCUT2D eigenvalue weighted by Gasteiger charge is -2.33. The number of halogens is 4. The molecule has 0 bridgehead atoms. The molecule has 0 aliphatic carbocycles. The molecule has 2 heterocycles. The second-order valence-corrected chi connectivity index (χ2v) is 7.60. The van der Waals surface area contributed by atoms with Gasteiger partial charge in [-0.25, -0.2) is 4.68 Å². The van der Waals surface area contributed by atoms with Gasteiger partial charge in [0.05, 0.1) is 13.2 Å². The highest BCUT2D eigenvalue weighted by Crippen LogP contribution is 2.46.